The second-order valence-corrected chi connectivity index (χ2v) is 2.96. The molecule has 0 spiro atoms. The Bertz CT molecular complexity index is 143. The van der Waals surface area contributed by atoms with E-state index >= 15 is 0 Å². The molecule has 0 aromatic carbocycles. The number of nitrogens with zero attached hydrogens (tertiary/aromatic N) is 1. The van der Waals surface area contributed by atoms with Crippen molar-refractivity contribution in [3.8, 4) is 0 Å². The number of thiocarbonyl (C=S) groups is 1. The van der Waals surface area contributed by atoms with Gasteiger partial charge >= 0.3 is 0 Å². The van der Waals surface area contributed by atoms with Crippen LogP contribution in [0.1, 0.15) is 19.8 Å². The highest BCUT2D eigenvalue weighted by Crippen LogP contribution is 1.96. The molecule has 10 heavy (non-hydrogen) atoms. The Hall–Kier alpha value is -0.440. The first-order chi connectivity index (χ1) is 4.54. The van der Waals surface area contributed by atoms with Crippen LogP contribution in [0.3, 0.4) is 0 Å². The standard InChI is InChI=1S/C7H13NOS/c1-6(9)4-5-7(10)8(2)3/h4-5H2,1-3H3. The third-order valence-electron chi connectivity index (χ3n) is 1.19. The number of carbonyl (C=O) groups excluding carboxylic acids is 1. The zero-order chi connectivity index (χ0) is 8.15. The molecule has 58 valence electrons. The lowest BCUT2D eigenvalue weighted by Gasteiger charge is -2.11. The van der Waals surface area contributed by atoms with Gasteiger partial charge in [0.15, 0.2) is 0 Å². The lowest BCUT2D eigenvalue weighted by Crippen LogP contribution is -2.19. The van der Waals surface area contributed by atoms with Gasteiger partial charge in [-0.3, -0.25) is 0 Å². The van der Waals surface area contributed by atoms with Crippen molar-refractivity contribution >= 4 is 23.0 Å². The Labute approximate surface area is 67.2 Å². The fraction of sp³-hybridized carbons (Fsp3) is 0.714. The van der Waals surface area contributed by atoms with Crippen LogP contribution in [0.4, 0.5) is 0 Å². The second-order valence-electron chi connectivity index (χ2n) is 2.49. The maximum Gasteiger partial charge on any atom is 0.130 e. The Kier molecular flexibility index (Phi) is 4.19. The smallest absolute Gasteiger partial charge is 0.130 e. The number of Topliss-reactive ketones (excluding diaryl/α,β-unsaturated/α-hetero) is 1. The van der Waals surface area contributed by atoms with Gasteiger partial charge in [0.25, 0.3) is 0 Å². The van der Waals surface area contributed by atoms with Crippen molar-refractivity contribution in [1.82, 2.24) is 4.90 Å². The molecule has 0 aliphatic rings. The maximum atomic E-state index is 10.5. The minimum absolute atomic E-state index is 0.198. The molecule has 2 nitrogen and oxygen atoms in total. The van der Waals surface area contributed by atoms with E-state index < -0.39 is 0 Å². The molecule has 0 amide bonds. The normalized spacial score (nSPS) is 9.10. The monoisotopic (exact) mass is 159 g/mol. The van der Waals surface area contributed by atoms with Crippen molar-refractivity contribution in [2.45, 2.75) is 19.8 Å². The summed E-state index contributed by atoms with van der Waals surface area (Å²) in [5, 5.41) is 0. The Balaban J connectivity index is 3.50. The first-order valence-electron chi connectivity index (χ1n) is 3.23. The quantitative estimate of drug-likeness (QED) is 0.578. The van der Waals surface area contributed by atoms with E-state index in [0.717, 1.165) is 4.99 Å². The SMILES string of the molecule is CC(=O)CCC(=S)N(C)C. The molecular formula is C7H13NOS. The van der Waals surface area contributed by atoms with Crippen LogP contribution in [0, 0.1) is 0 Å². The number of carbonyl (C=O) groups is 1. The molecule has 0 saturated carbocycles. The minimum atomic E-state index is 0.198. The van der Waals surface area contributed by atoms with Gasteiger partial charge in [-0.1, -0.05) is 12.2 Å². The molecule has 0 saturated heterocycles. The molecule has 0 rings (SSSR count). The molecule has 0 N–H and O–H groups in total. The lowest BCUT2D eigenvalue weighted by atomic mass is 10.2. The topological polar surface area (TPSA) is 20.3 Å². The molecule has 0 aromatic heterocycles. The summed E-state index contributed by atoms with van der Waals surface area (Å²) in [5.74, 6) is 0.198. The third kappa shape index (κ3) is 4.44. The molecule has 0 atom stereocenters. The van der Waals surface area contributed by atoms with E-state index in [1.807, 2.05) is 19.0 Å². The fourth-order valence-electron chi connectivity index (χ4n) is 0.507. The van der Waals surface area contributed by atoms with E-state index in [2.05, 4.69) is 0 Å². The predicted octanol–water partition coefficient (Wildman–Crippen LogP) is 1.24. The van der Waals surface area contributed by atoms with Gasteiger partial charge in [-0.25, -0.2) is 0 Å². The first kappa shape index (κ1) is 9.56. The predicted molar refractivity (Wildman–Crippen MR) is 46.2 cm³/mol. The van der Waals surface area contributed by atoms with E-state index in [0.29, 0.717) is 12.8 Å². The minimum Gasteiger partial charge on any atom is -0.372 e. The largest absolute Gasteiger partial charge is 0.372 e. The molecular weight excluding hydrogens is 146 g/mol. The van der Waals surface area contributed by atoms with Gasteiger partial charge in [0, 0.05) is 26.9 Å². The molecule has 0 aliphatic heterocycles. The molecule has 0 bridgehead atoms. The van der Waals surface area contributed by atoms with Gasteiger partial charge in [0.05, 0.1) is 4.99 Å². The summed E-state index contributed by atoms with van der Waals surface area (Å²) in [7, 11) is 3.78. The van der Waals surface area contributed by atoms with Gasteiger partial charge in [0.1, 0.15) is 5.78 Å². The summed E-state index contributed by atoms with van der Waals surface area (Å²) < 4.78 is 0. The van der Waals surface area contributed by atoms with Crippen molar-refractivity contribution in [3.05, 3.63) is 0 Å². The fourth-order valence-corrected chi connectivity index (χ4v) is 0.609. The summed E-state index contributed by atoms with van der Waals surface area (Å²) in [5.41, 5.74) is 0. The summed E-state index contributed by atoms with van der Waals surface area (Å²) in [6, 6.07) is 0. The molecule has 0 radical (unpaired) electrons. The van der Waals surface area contributed by atoms with Gasteiger partial charge in [-0.05, 0) is 6.92 Å². The Morgan fingerprint density at radius 1 is 1.40 bits per heavy atom. The summed E-state index contributed by atoms with van der Waals surface area (Å²) in [4.78, 5) is 13.2. The van der Waals surface area contributed by atoms with Gasteiger partial charge < -0.3 is 9.69 Å². The van der Waals surface area contributed by atoms with Gasteiger partial charge in [-0.2, -0.15) is 0 Å². The van der Waals surface area contributed by atoms with Crippen LogP contribution in [0.25, 0.3) is 0 Å². The molecule has 0 aromatic rings. The average Bonchev–Trinajstić information content (AvgIpc) is 1.82. The number of rotatable bonds is 3. The number of hydrogen-bond acceptors (Lipinski definition) is 2. The Morgan fingerprint density at radius 2 is 1.90 bits per heavy atom. The number of hydrogen-bond donors (Lipinski definition) is 0. The van der Waals surface area contributed by atoms with Crippen molar-refractivity contribution in [1.29, 1.82) is 0 Å². The second kappa shape index (κ2) is 4.39. The van der Waals surface area contributed by atoms with E-state index in [4.69, 9.17) is 12.2 Å². The summed E-state index contributed by atoms with van der Waals surface area (Å²) in [6.07, 6.45) is 1.27. The summed E-state index contributed by atoms with van der Waals surface area (Å²) >= 11 is 4.97. The van der Waals surface area contributed by atoms with Crippen LogP contribution in [0.5, 0.6) is 0 Å². The van der Waals surface area contributed by atoms with Crippen LogP contribution in [0.2, 0.25) is 0 Å². The van der Waals surface area contributed by atoms with Crippen LogP contribution < -0.4 is 0 Å². The van der Waals surface area contributed by atoms with Gasteiger partial charge in [-0.15, -0.1) is 0 Å². The molecule has 0 aliphatic carbocycles. The highest BCUT2D eigenvalue weighted by Gasteiger charge is 1.99. The van der Waals surface area contributed by atoms with Crippen molar-refractivity contribution in [2.24, 2.45) is 0 Å². The highest BCUT2D eigenvalue weighted by atomic mass is 32.1. The average molecular weight is 159 g/mol. The van der Waals surface area contributed by atoms with E-state index in [1.165, 1.54) is 0 Å². The van der Waals surface area contributed by atoms with Crippen LogP contribution >= 0.6 is 12.2 Å². The van der Waals surface area contributed by atoms with Gasteiger partial charge in [0.2, 0.25) is 0 Å². The van der Waals surface area contributed by atoms with E-state index in [9.17, 15) is 4.79 Å². The lowest BCUT2D eigenvalue weighted by molar-refractivity contribution is -0.116. The third-order valence-corrected chi connectivity index (χ3v) is 1.76. The van der Waals surface area contributed by atoms with Crippen molar-refractivity contribution in [2.75, 3.05) is 14.1 Å². The summed E-state index contributed by atoms with van der Waals surface area (Å²) in [6.45, 7) is 1.58. The maximum absolute atomic E-state index is 10.5. The molecule has 0 fully saturated rings. The van der Waals surface area contributed by atoms with Crippen molar-refractivity contribution in [3.63, 3.8) is 0 Å². The van der Waals surface area contributed by atoms with Crippen LogP contribution in [-0.4, -0.2) is 29.8 Å². The first-order valence-corrected chi connectivity index (χ1v) is 3.64. The zero-order valence-electron chi connectivity index (χ0n) is 6.68. The number of ketones is 1. The Morgan fingerprint density at radius 3 is 2.20 bits per heavy atom. The molecule has 0 heterocycles. The van der Waals surface area contributed by atoms with E-state index in [-0.39, 0.29) is 5.78 Å². The van der Waals surface area contributed by atoms with Crippen LogP contribution in [-0.2, 0) is 4.79 Å². The van der Waals surface area contributed by atoms with Crippen LogP contribution in [0.15, 0.2) is 0 Å². The highest BCUT2D eigenvalue weighted by molar-refractivity contribution is 7.80. The molecule has 3 heteroatoms. The zero-order valence-corrected chi connectivity index (χ0v) is 7.49. The van der Waals surface area contributed by atoms with Crippen molar-refractivity contribution < 1.29 is 4.79 Å². The van der Waals surface area contributed by atoms with E-state index in [1.54, 1.807) is 6.92 Å². The molecule has 0 unspecified atom stereocenters.